The fraction of sp³-hybridized carbons (Fsp3) is 0.231. The molecule has 0 spiro atoms. The summed E-state index contributed by atoms with van der Waals surface area (Å²) in [7, 11) is 1.31. The third kappa shape index (κ3) is 2.88. The first-order chi connectivity index (χ1) is 9.01. The summed E-state index contributed by atoms with van der Waals surface area (Å²) in [4.78, 5) is 23.2. The van der Waals surface area contributed by atoms with Gasteiger partial charge >= 0.3 is 12.1 Å². The van der Waals surface area contributed by atoms with E-state index in [0.717, 1.165) is 11.1 Å². The molecule has 1 aromatic rings. The summed E-state index contributed by atoms with van der Waals surface area (Å²) in [6, 6.07) is 4.87. The van der Waals surface area contributed by atoms with E-state index in [1.165, 1.54) is 18.1 Å². The Kier molecular flexibility index (Phi) is 3.76. The van der Waals surface area contributed by atoms with Crippen LogP contribution in [0.3, 0.4) is 0 Å². The van der Waals surface area contributed by atoms with Crippen molar-refractivity contribution in [2.24, 2.45) is 0 Å². The Bertz CT molecular complexity index is 560. The number of likely N-dealkylation sites (tertiary alicyclic amines) is 1. The molecule has 6 heteroatoms. The molecule has 1 aromatic carbocycles. The van der Waals surface area contributed by atoms with Gasteiger partial charge in [-0.2, -0.15) is 0 Å². The zero-order chi connectivity index (χ0) is 14.0. The molecule has 1 heterocycles. The Morgan fingerprint density at radius 2 is 2.11 bits per heavy atom. The molecule has 0 aromatic heterocycles. The number of nitrogens with zero attached hydrogens (tertiary/aromatic N) is 1. The Morgan fingerprint density at radius 3 is 2.63 bits per heavy atom. The first-order valence-corrected chi connectivity index (χ1v) is 5.94. The zero-order valence-electron chi connectivity index (χ0n) is 10.2. The molecule has 19 heavy (non-hydrogen) atoms. The minimum atomic E-state index is -0.927. The molecule has 0 radical (unpaired) electrons. The number of hydrogen-bond acceptors (Lipinski definition) is 3. The summed E-state index contributed by atoms with van der Waals surface area (Å²) in [5, 5.41) is 9.15. The van der Waals surface area contributed by atoms with E-state index in [-0.39, 0.29) is 0 Å². The topological polar surface area (TPSA) is 66.8 Å². The third-order valence-electron chi connectivity index (χ3n) is 2.84. The van der Waals surface area contributed by atoms with E-state index in [1.807, 2.05) is 6.08 Å². The molecule has 0 saturated carbocycles. The number of benzene rings is 1. The number of hydrogen-bond donors (Lipinski definition) is 1. The lowest BCUT2D eigenvalue weighted by atomic mass is 10.0. The van der Waals surface area contributed by atoms with E-state index in [9.17, 15) is 9.59 Å². The van der Waals surface area contributed by atoms with Crippen LogP contribution in [0.15, 0.2) is 23.8 Å². The van der Waals surface area contributed by atoms with Crippen LogP contribution < -0.4 is 0 Å². The van der Waals surface area contributed by atoms with Crippen molar-refractivity contribution in [2.75, 3.05) is 20.2 Å². The highest BCUT2D eigenvalue weighted by Crippen LogP contribution is 2.24. The number of carbonyl (C=O) groups is 2. The number of carbonyl (C=O) groups excluding carboxylic acids is 1. The van der Waals surface area contributed by atoms with E-state index >= 15 is 0 Å². The number of ether oxygens (including phenoxy) is 1. The van der Waals surface area contributed by atoms with Gasteiger partial charge in [0.2, 0.25) is 0 Å². The average Bonchev–Trinajstić information content (AvgIpc) is 2.33. The van der Waals surface area contributed by atoms with Crippen molar-refractivity contribution in [3.8, 4) is 0 Å². The molecule has 1 fully saturated rings. The summed E-state index contributed by atoms with van der Waals surface area (Å²) < 4.78 is 4.60. The number of carboxylic acid groups (broad SMARTS) is 1. The van der Waals surface area contributed by atoms with Gasteiger partial charge in [-0.3, -0.25) is 0 Å². The Balaban J connectivity index is 2.13. The van der Waals surface area contributed by atoms with Crippen molar-refractivity contribution >= 4 is 29.7 Å². The van der Waals surface area contributed by atoms with Crippen LogP contribution in [0, 0.1) is 0 Å². The van der Waals surface area contributed by atoms with Crippen molar-refractivity contribution in [3.05, 3.63) is 39.9 Å². The van der Waals surface area contributed by atoms with E-state index in [0.29, 0.717) is 23.7 Å². The molecule has 0 atom stereocenters. The molecule has 1 saturated heterocycles. The molecule has 0 aliphatic carbocycles. The molecule has 5 nitrogen and oxygen atoms in total. The molecule has 100 valence electrons. The van der Waals surface area contributed by atoms with Crippen LogP contribution in [0.1, 0.15) is 15.9 Å². The maximum Gasteiger partial charge on any atom is 0.407 e. The molecule has 2 rings (SSSR count). The summed E-state index contributed by atoms with van der Waals surface area (Å²) in [5.41, 5.74) is 2.12. The van der Waals surface area contributed by atoms with Crippen molar-refractivity contribution in [1.29, 1.82) is 0 Å². The maximum absolute atomic E-state index is 11.3. The maximum atomic E-state index is 11.3. The standard InChI is InChI=1S/C13H12ClNO4/c1-19-12(16)10-3-2-9(11(14)5-10)4-8-6-15(7-8)13(17)18/h2-5H,6-7H2,1H3,(H,17,18). The van der Waals surface area contributed by atoms with Gasteiger partial charge in [0.15, 0.2) is 0 Å². The predicted octanol–water partition coefficient (Wildman–Crippen LogP) is 2.50. The lowest BCUT2D eigenvalue weighted by Crippen LogP contribution is -2.43. The van der Waals surface area contributed by atoms with Crippen LogP contribution >= 0.6 is 11.6 Å². The van der Waals surface area contributed by atoms with Crippen molar-refractivity contribution in [1.82, 2.24) is 4.90 Å². The van der Waals surface area contributed by atoms with Crippen LogP contribution in [0.2, 0.25) is 5.02 Å². The first kappa shape index (κ1) is 13.4. The SMILES string of the molecule is COC(=O)c1ccc(C=C2CN(C(=O)O)C2)c(Cl)c1. The number of halogens is 1. The fourth-order valence-corrected chi connectivity index (χ4v) is 2.01. The van der Waals surface area contributed by atoms with Gasteiger partial charge in [0, 0.05) is 18.1 Å². The number of esters is 1. The van der Waals surface area contributed by atoms with Crippen LogP contribution in [0.5, 0.6) is 0 Å². The van der Waals surface area contributed by atoms with Crippen LogP contribution in [0.25, 0.3) is 6.08 Å². The molecule has 0 unspecified atom stereocenters. The Morgan fingerprint density at radius 1 is 1.42 bits per heavy atom. The van der Waals surface area contributed by atoms with Crippen molar-refractivity contribution in [2.45, 2.75) is 0 Å². The molecule has 1 amide bonds. The van der Waals surface area contributed by atoms with Crippen molar-refractivity contribution < 1.29 is 19.4 Å². The average molecular weight is 282 g/mol. The van der Waals surface area contributed by atoms with E-state index < -0.39 is 12.1 Å². The predicted molar refractivity (Wildman–Crippen MR) is 70.4 cm³/mol. The summed E-state index contributed by atoms with van der Waals surface area (Å²) in [6.45, 7) is 0.787. The first-order valence-electron chi connectivity index (χ1n) is 5.56. The monoisotopic (exact) mass is 281 g/mol. The van der Waals surface area contributed by atoms with E-state index in [1.54, 1.807) is 12.1 Å². The Hall–Kier alpha value is -2.01. The van der Waals surface area contributed by atoms with Gasteiger partial charge in [0.25, 0.3) is 0 Å². The van der Waals surface area contributed by atoms with E-state index in [4.69, 9.17) is 16.7 Å². The zero-order valence-corrected chi connectivity index (χ0v) is 11.0. The summed E-state index contributed by atoms with van der Waals surface area (Å²) in [5.74, 6) is -0.443. The van der Waals surface area contributed by atoms with Crippen LogP contribution in [0.4, 0.5) is 4.79 Å². The van der Waals surface area contributed by atoms with Gasteiger partial charge in [-0.25, -0.2) is 9.59 Å². The minimum Gasteiger partial charge on any atom is -0.465 e. The second kappa shape index (κ2) is 5.32. The van der Waals surface area contributed by atoms with Gasteiger partial charge in [0.05, 0.1) is 12.7 Å². The second-order valence-electron chi connectivity index (χ2n) is 4.17. The van der Waals surface area contributed by atoms with Gasteiger partial charge in [-0.15, -0.1) is 0 Å². The van der Waals surface area contributed by atoms with Crippen LogP contribution in [-0.4, -0.2) is 42.3 Å². The van der Waals surface area contributed by atoms with Gasteiger partial charge in [0.1, 0.15) is 0 Å². The molecule has 0 bridgehead atoms. The smallest absolute Gasteiger partial charge is 0.407 e. The summed E-state index contributed by atoms with van der Waals surface area (Å²) in [6.07, 6.45) is 0.910. The molecule has 1 N–H and O–H groups in total. The minimum absolute atomic E-state index is 0.385. The molecule has 1 aliphatic rings. The van der Waals surface area contributed by atoms with Gasteiger partial charge in [-0.1, -0.05) is 23.7 Å². The second-order valence-corrected chi connectivity index (χ2v) is 4.58. The largest absolute Gasteiger partial charge is 0.465 e. The van der Waals surface area contributed by atoms with Gasteiger partial charge < -0.3 is 14.7 Å². The number of amides is 1. The lowest BCUT2D eigenvalue weighted by Gasteiger charge is -2.31. The fourth-order valence-electron chi connectivity index (χ4n) is 1.78. The highest BCUT2D eigenvalue weighted by Gasteiger charge is 2.24. The lowest BCUT2D eigenvalue weighted by molar-refractivity contribution is 0.0600. The number of methoxy groups -OCH3 is 1. The van der Waals surface area contributed by atoms with E-state index in [2.05, 4.69) is 4.74 Å². The molecule has 1 aliphatic heterocycles. The van der Waals surface area contributed by atoms with Crippen LogP contribution in [-0.2, 0) is 4.74 Å². The van der Waals surface area contributed by atoms with Gasteiger partial charge in [-0.05, 0) is 23.3 Å². The molecular weight excluding hydrogens is 270 g/mol. The highest BCUT2D eigenvalue weighted by atomic mass is 35.5. The highest BCUT2D eigenvalue weighted by molar-refractivity contribution is 6.32. The normalized spacial score (nSPS) is 13.8. The number of rotatable bonds is 2. The molecular formula is C13H12ClNO4. The third-order valence-corrected chi connectivity index (χ3v) is 3.17. The quantitative estimate of drug-likeness (QED) is 0.846. The summed E-state index contributed by atoms with van der Waals surface area (Å²) >= 11 is 6.07. The Labute approximate surface area is 115 Å². The van der Waals surface area contributed by atoms with Crippen molar-refractivity contribution in [3.63, 3.8) is 0 Å².